The van der Waals surface area contributed by atoms with Crippen molar-refractivity contribution in [2.75, 3.05) is 5.88 Å². The van der Waals surface area contributed by atoms with Crippen molar-refractivity contribution in [2.45, 2.75) is 19.8 Å². The zero-order valence-electron chi connectivity index (χ0n) is 8.50. The van der Waals surface area contributed by atoms with Gasteiger partial charge in [-0.2, -0.15) is 10.4 Å². The van der Waals surface area contributed by atoms with Crippen LogP contribution in [0.4, 0.5) is 0 Å². The molecular weight excluding hydrogens is 198 g/mol. The van der Waals surface area contributed by atoms with Crippen molar-refractivity contribution in [1.82, 2.24) is 9.78 Å². The Kier molecular flexibility index (Phi) is 3.97. The van der Waals surface area contributed by atoms with Crippen molar-refractivity contribution < 1.29 is 0 Å². The Bertz CT molecular complexity index is 338. The van der Waals surface area contributed by atoms with Gasteiger partial charge in [-0.1, -0.05) is 6.92 Å². The number of halogens is 1. The summed E-state index contributed by atoms with van der Waals surface area (Å²) in [5.41, 5.74) is 2.14. The Labute approximate surface area is 89.3 Å². The lowest BCUT2D eigenvalue weighted by Gasteiger charge is -2.04. The van der Waals surface area contributed by atoms with Crippen LogP contribution in [-0.2, 0) is 19.9 Å². The van der Waals surface area contributed by atoms with Crippen LogP contribution in [0, 0.1) is 17.2 Å². The molecule has 0 amide bonds. The molecule has 4 heteroatoms. The van der Waals surface area contributed by atoms with Gasteiger partial charge in [0.2, 0.25) is 0 Å². The van der Waals surface area contributed by atoms with Crippen molar-refractivity contribution in [1.29, 1.82) is 5.26 Å². The summed E-state index contributed by atoms with van der Waals surface area (Å²) in [6.45, 7) is 2.06. The maximum Gasteiger partial charge on any atom is 0.0672 e. The molecule has 0 aliphatic carbocycles. The van der Waals surface area contributed by atoms with Gasteiger partial charge >= 0.3 is 0 Å². The predicted octanol–water partition coefficient (Wildman–Crippen LogP) is 1.90. The first-order chi connectivity index (χ1) is 6.71. The molecule has 1 rings (SSSR count). The van der Waals surface area contributed by atoms with E-state index in [2.05, 4.69) is 18.1 Å². The molecule has 1 heterocycles. The third-order valence-electron chi connectivity index (χ3n) is 2.21. The zero-order chi connectivity index (χ0) is 10.6. The number of nitriles is 1. The van der Waals surface area contributed by atoms with E-state index < -0.39 is 0 Å². The van der Waals surface area contributed by atoms with Crippen molar-refractivity contribution in [2.24, 2.45) is 13.0 Å². The molecule has 0 radical (unpaired) electrons. The van der Waals surface area contributed by atoms with Crippen molar-refractivity contribution in [3.05, 3.63) is 17.5 Å². The van der Waals surface area contributed by atoms with Crippen LogP contribution >= 0.6 is 11.6 Å². The molecule has 0 N–H and O–H groups in total. The van der Waals surface area contributed by atoms with Gasteiger partial charge in [0.1, 0.15) is 0 Å². The lowest BCUT2D eigenvalue weighted by atomic mass is 10.1. The van der Waals surface area contributed by atoms with Gasteiger partial charge in [-0.25, -0.2) is 0 Å². The molecule has 1 aromatic heterocycles. The predicted molar refractivity (Wildman–Crippen MR) is 56.1 cm³/mol. The van der Waals surface area contributed by atoms with Gasteiger partial charge in [-0.3, -0.25) is 4.68 Å². The molecular formula is C10H14ClN3. The van der Waals surface area contributed by atoms with E-state index >= 15 is 0 Å². The third-order valence-corrected chi connectivity index (χ3v) is 2.59. The first-order valence-corrected chi connectivity index (χ1v) is 5.22. The quantitative estimate of drug-likeness (QED) is 0.714. The molecule has 0 aliphatic heterocycles. The van der Waals surface area contributed by atoms with E-state index in [0.29, 0.717) is 12.3 Å². The second-order valence-electron chi connectivity index (χ2n) is 3.29. The summed E-state index contributed by atoms with van der Waals surface area (Å²) in [6, 6.07) is 4.22. The summed E-state index contributed by atoms with van der Waals surface area (Å²) in [5, 5.41) is 13.1. The Morgan fingerprint density at radius 2 is 2.43 bits per heavy atom. The minimum atomic E-state index is -0.114. The average molecular weight is 212 g/mol. The topological polar surface area (TPSA) is 41.6 Å². The maximum atomic E-state index is 8.78. The summed E-state index contributed by atoms with van der Waals surface area (Å²) in [4.78, 5) is 0. The van der Waals surface area contributed by atoms with Crippen LogP contribution < -0.4 is 0 Å². The van der Waals surface area contributed by atoms with Crippen LogP contribution in [0.15, 0.2) is 6.07 Å². The van der Waals surface area contributed by atoms with E-state index in [1.54, 1.807) is 0 Å². The van der Waals surface area contributed by atoms with E-state index in [9.17, 15) is 0 Å². The number of rotatable bonds is 4. The summed E-state index contributed by atoms with van der Waals surface area (Å²) in [5.74, 6) is 0.264. The zero-order valence-corrected chi connectivity index (χ0v) is 9.25. The van der Waals surface area contributed by atoms with E-state index in [1.807, 2.05) is 17.8 Å². The first-order valence-electron chi connectivity index (χ1n) is 4.68. The van der Waals surface area contributed by atoms with Crippen LogP contribution in [0.3, 0.4) is 0 Å². The highest BCUT2D eigenvalue weighted by Crippen LogP contribution is 2.11. The highest BCUT2D eigenvalue weighted by molar-refractivity contribution is 6.18. The van der Waals surface area contributed by atoms with Crippen LogP contribution in [0.25, 0.3) is 0 Å². The highest BCUT2D eigenvalue weighted by Gasteiger charge is 2.11. The number of hydrogen-bond donors (Lipinski definition) is 0. The smallest absolute Gasteiger partial charge is 0.0672 e. The Hall–Kier alpha value is -1.01. The minimum absolute atomic E-state index is 0.114. The molecule has 3 nitrogen and oxygen atoms in total. The summed E-state index contributed by atoms with van der Waals surface area (Å²) in [6.07, 6.45) is 1.61. The number of aryl methyl sites for hydroxylation is 2. The van der Waals surface area contributed by atoms with E-state index in [-0.39, 0.29) is 5.92 Å². The SMILES string of the molecule is CCc1cc(CC(C#N)CCl)n(C)n1. The molecule has 0 saturated carbocycles. The molecule has 0 bridgehead atoms. The molecule has 14 heavy (non-hydrogen) atoms. The third kappa shape index (κ3) is 2.49. The molecule has 1 atom stereocenters. The van der Waals surface area contributed by atoms with E-state index in [1.165, 1.54) is 0 Å². The lowest BCUT2D eigenvalue weighted by Crippen LogP contribution is -2.07. The van der Waals surface area contributed by atoms with Gasteiger partial charge in [-0.15, -0.1) is 11.6 Å². The Morgan fingerprint density at radius 1 is 1.71 bits per heavy atom. The summed E-state index contributed by atoms with van der Waals surface area (Å²) in [7, 11) is 1.90. The molecule has 76 valence electrons. The fraction of sp³-hybridized carbons (Fsp3) is 0.600. The molecule has 0 aliphatic rings. The Morgan fingerprint density at radius 3 is 2.86 bits per heavy atom. The van der Waals surface area contributed by atoms with Crippen molar-refractivity contribution >= 4 is 11.6 Å². The Balaban J connectivity index is 2.76. The molecule has 0 fully saturated rings. The van der Waals surface area contributed by atoms with Crippen molar-refractivity contribution in [3.63, 3.8) is 0 Å². The largest absolute Gasteiger partial charge is 0.272 e. The van der Waals surface area contributed by atoms with E-state index in [4.69, 9.17) is 16.9 Å². The number of aromatic nitrogens is 2. The monoisotopic (exact) mass is 211 g/mol. The van der Waals surface area contributed by atoms with Crippen LogP contribution in [-0.4, -0.2) is 15.7 Å². The van der Waals surface area contributed by atoms with Crippen LogP contribution in [0.2, 0.25) is 0 Å². The standard InChI is InChI=1S/C10H14ClN3/c1-3-9-5-10(14(2)13-9)4-8(6-11)7-12/h5,8H,3-4,6H2,1-2H3. The fourth-order valence-electron chi connectivity index (χ4n) is 1.32. The van der Waals surface area contributed by atoms with Gasteiger partial charge in [0.05, 0.1) is 17.7 Å². The van der Waals surface area contributed by atoms with Gasteiger partial charge in [-0.05, 0) is 12.5 Å². The second-order valence-corrected chi connectivity index (χ2v) is 3.60. The van der Waals surface area contributed by atoms with Gasteiger partial charge in [0.25, 0.3) is 0 Å². The summed E-state index contributed by atoms with van der Waals surface area (Å²) < 4.78 is 1.83. The first kappa shape index (κ1) is 11.1. The maximum absolute atomic E-state index is 8.78. The van der Waals surface area contributed by atoms with Crippen LogP contribution in [0.5, 0.6) is 0 Å². The summed E-state index contributed by atoms with van der Waals surface area (Å²) >= 11 is 5.66. The average Bonchev–Trinajstić information content (AvgIpc) is 2.56. The fourth-order valence-corrected chi connectivity index (χ4v) is 1.50. The molecule has 0 spiro atoms. The number of alkyl halides is 1. The molecule has 0 saturated heterocycles. The molecule has 0 aromatic carbocycles. The lowest BCUT2D eigenvalue weighted by molar-refractivity contribution is 0.645. The van der Waals surface area contributed by atoms with Crippen LogP contribution in [0.1, 0.15) is 18.3 Å². The normalized spacial score (nSPS) is 12.4. The van der Waals surface area contributed by atoms with Gasteiger partial charge in [0.15, 0.2) is 0 Å². The van der Waals surface area contributed by atoms with E-state index in [0.717, 1.165) is 17.8 Å². The van der Waals surface area contributed by atoms with Crippen molar-refractivity contribution in [3.8, 4) is 6.07 Å². The number of nitrogens with zero attached hydrogens (tertiary/aromatic N) is 3. The van der Waals surface area contributed by atoms with Gasteiger partial charge in [0, 0.05) is 25.0 Å². The minimum Gasteiger partial charge on any atom is -0.272 e. The molecule has 1 unspecified atom stereocenters. The number of hydrogen-bond acceptors (Lipinski definition) is 2. The molecule has 1 aromatic rings. The van der Waals surface area contributed by atoms with Gasteiger partial charge < -0.3 is 0 Å². The highest BCUT2D eigenvalue weighted by atomic mass is 35.5. The second kappa shape index (κ2) is 5.02.